The van der Waals surface area contributed by atoms with Gasteiger partial charge in [-0.25, -0.2) is 0 Å². The maximum absolute atomic E-state index is 12.9. The Morgan fingerprint density at radius 2 is 1.58 bits per heavy atom. The van der Waals surface area contributed by atoms with Gasteiger partial charge in [0.1, 0.15) is 0 Å². The Morgan fingerprint density at radius 3 is 2.15 bits per heavy atom. The minimum absolute atomic E-state index is 0.0115. The Labute approximate surface area is 158 Å². The fraction of sp³-hybridized carbons (Fsp3) is 0.458. The van der Waals surface area contributed by atoms with Crippen molar-refractivity contribution in [1.82, 2.24) is 0 Å². The van der Waals surface area contributed by atoms with E-state index in [1.165, 1.54) is 36.0 Å². The molecule has 3 rings (SSSR count). The van der Waals surface area contributed by atoms with Crippen molar-refractivity contribution in [3.05, 3.63) is 64.2 Å². The minimum atomic E-state index is 0.0115. The summed E-state index contributed by atoms with van der Waals surface area (Å²) in [5, 5.41) is 3.10. The first-order valence-corrected chi connectivity index (χ1v) is 9.95. The normalized spacial score (nSPS) is 14.5. The zero-order valence-corrected chi connectivity index (χ0v) is 16.6. The average Bonchev–Trinajstić information content (AvgIpc) is 2.84. The standard InChI is InChI=1S/C24H31NO/c1-5-17-15-18-9-7-6-8-10-19(18)16-22(17)23(26)25-21-13-11-20(12-14-21)24(2,3)4/h11-16H,5-10H2,1-4H3,(H,25,26). The van der Waals surface area contributed by atoms with Gasteiger partial charge in [0.15, 0.2) is 0 Å². The number of carbonyl (C=O) groups is 1. The Morgan fingerprint density at radius 1 is 0.962 bits per heavy atom. The van der Waals surface area contributed by atoms with Crippen LogP contribution in [0.5, 0.6) is 0 Å². The lowest BCUT2D eigenvalue weighted by molar-refractivity contribution is 0.102. The third-order valence-electron chi connectivity index (χ3n) is 5.45. The number of carbonyl (C=O) groups excluding carboxylic acids is 1. The predicted molar refractivity (Wildman–Crippen MR) is 110 cm³/mol. The molecule has 0 saturated heterocycles. The van der Waals surface area contributed by atoms with Gasteiger partial charge in [-0.3, -0.25) is 4.79 Å². The number of anilines is 1. The van der Waals surface area contributed by atoms with Crippen LogP contribution in [0.4, 0.5) is 5.69 Å². The molecule has 138 valence electrons. The second kappa shape index (κ2) is 7.65. The average molecular weight is 350 g/mol. The van der Waals surface area contributed by atoms with Crippen LogP contribution in [0.2, 0.25) is 0 Å². The zero-order chi connectivity index (χ0) is 18.7. The lowest BCUT2D eigenvalue weighted by Gasteiger charge is -2.19. The predicted octanol–water partition coefficient (Wildman–Crippen LogP) is 6.07. The third kappa shape index (κ3) is 4.17. The fourth-order valence-electron chi connectivity index (χ4n) is 3.77. The number of hydrogen-bond acceptors (Lipinski definition) is 1. The molecule has 0 fully saturated rings. The maximum atomic E-state index is 12.9. The maximum Gasteiger partial charge on any atom is 0.255 e. The molecule has 2 aromatic carbocycles. The SMILES string of the molecule is CCc1cc2c(cc1C(=O)Nc1ccc(C(C)(C)C)cc1)CCCCC2. The monoisotopic (exact) mass is 349 g/mol. The van der Waals surface area contributed by atoms with Crippen LogP contribution in [0.1, 0.15) is 79.6 Å². The molecule has 2 heteroatoms. The summed E-state index contributed by atoms with van der Waals surface area (Å²) >= 11 is 0. The van der Waals surface area contributed by atoms with E-state index in [-0.39, 0.29) is 11.3 Å². The number of nitrogens with one attached hydrogen (secondary N) is 1. The van der Waals surface area contributed by atoms with Crippen LogP contribution in [0.25, 0.3) is 0 Å². The fourth-order valence-corrected chi connectivity index (χ4v) is 3.77. The second-order valence-electron chi connectivity index (χ2n) is 8.47. The molecule has 0 bridgehead atoms. The highest BCUT2D eigenvalue weighted by atomic mass is 16.1. The van der Waals surface area contributed by atoms with E-state index in [4.69, 9.17) is 0 Å². The molecule has 0 spiro atoms. The van der Waals surface area contributed by atoms with E-state index in [0.29, 0.717) is 0 Å². The molecular formula is C24H31NO. The molecule has 1 N–H and O–H groups in total. The molecule has 0 aliphatic heterocycles. The topological polar surface area (TPSA) is 29.1 Å². The molecule has 1 amide bonds. The number of benzene rings is 2. The van der Waals surface area contributed by atoms with Crippen LogP contribution in [-0.2, 0) is 24.7 Å². The Hall–Kier alpha value is -2.09. The van der Waals surface area contributed by atoms with Crippen molar-refractivity contribution in [2.24, 2.45) is 0 Å². The minimum Gasteiger partial charge on any atom is -0.322 e. The molecule has 0 aromatic heterocycles. The van der Waals surface area contributed by atoms with Crippen molar-refractivity contribution >= 4 is 11.6 Å². The van der Waals surface area contributed by atoms with Crippen LogP contribution >= 0.6 is 0 Å². The van der Waals surface area contributed by atoms with Gasteiger partial charge in [0, 0.05) is 11.3 Å². The number of rotatable bonds is 3. The third-order valence-corrected chi connectivity index (χ3v) is 5.45. The van der Waals surface area contributed by atoms with E-state index in [0.717, 1.165) is 36.1 Å². The Bertz CT molecular complexity index is 781. The van der Waals surface area contributed by atoms with Gasteiger partial charge < -0.3 is 5.32 Å². The van der Waals surface area contributed by atoms with E-state index in [9.17, 15) is 4.79 Å². The Balaban J connectivity index is 1.84. The van der Waals surface area contributed by atoms with Crippen LogP contribution in [0.3, 0.4) is 0 Å². The van der Waals surface area contributed by atoms with Crippen molar-refractivity contribution in [3.8, 4) is 0 Å². The first-order chi connectivity index (χ1) is 12.4. The smallest absolute Gasteiger partial charge is 0.255 e. The lowest BCUT2D eigenvalue weighted by atomic mass is 9.87. The van der Waals surface area contributed by atoms with Crippen molar-refractivity contribution < 1.29 is 4.79 Å². The van der Waals surface area contributed by atoms with E-state index < -0.39 is 0 Å². The van der Waals surface area contributed by atoms with Gasteiger partial charge in [0.25, 0.3) is 5.91 Å². The number of hydrogen-bond donors (Lipinski definition) is 1. The number of aryl methyl sites for hydroxylation is 3. The van der Waals surface area contributed by atoms with E-state index in [1.54, 1.807) is 0 Å². The van der Waals surface area contributed by atoms with Gasteiger partial charge in [-0.1, -0.05) is 52.3 Å². The Kier molecular flexibility index (Phi) is 5.50. The first kappa shape index (κ1) is 18.7. The molecule has 0 unspecified atom stereocenters. The summed E-state index contributed by atoms with van der Waals surface area (Å²) in [7, 11) is 0. The number of amides is 1. The van der Waals surface area contributed by atoms with Gasteiger partial charge in [-0.05, 0) is 78.0 Å². The second-order valence-corrected chi connectivity index (χ2v) is 8.47. The van der Waals surface area contributed by atoms with Gasteiger partial charge in [-0.15, -0.1) is 0 Å². The van der Waals surface area contributed by atoms with Gasteiger partial charge in [0.05, 0.1) is 0 Å². The highest BCUT2D eigenvalue weighted by molar-refractivity contribution is 6.05. The molecular weight excluding hydrogens is 318 g/mol. The van der Waals surface area contributed by atoms with Crippen molar-refractivity contribution in [2.45, 2.75) is 71.6 Å². The summed E-state index contributed by atoms with van der Waals surface area (Å²) in [5.41, 5.74) is 7.07. The van der Waals surface area contributed by atoms with Gasteiger partial charge >= 0.3 is 0 Å². The molecule has 2 nitrogen and oxygen atoms in total. The highest BCUT2D eigenvalue weighted by Crippen LogP contribution is 2.27. The zero-order valence-electron chi connectivity index (χ0n) is 16.6. The van der Waals surface area contributed by atoms with E-state index in [2.05, 4.69) is 57.3 Å². The van der Waals surface area contributed by atoms with Gasteiger partial charge in [-0.2, -0.15) is 0 Å². The molecule has 0 saturated carbocycles. The highest BCUT2D eigenvalue weighted by Gasteiger charge is 2.17. The van der Waals surface area contributed by atoms with Crippen LogP contribution < -0.4 is 5.32 Å². The van der Waals surface area contributed by atoms with Crippen LogP contribution in [-0.4, -0.2) is 5.91 Å². The number of fused-ring (bicyclic) bond motifs is 1. The summed E-state index contributed by atoms with van der Waals surface area (Å²) in [6, 6.07) is 12.7. The molecule has 2 aromatic rings. The molecule has 1 aliphatic carbocycles. The van der Waals surface area contributed by atoms with Crippen LogP contribution in [0.15, 0.2) is 36.4 Å². The van der Waals surface area contributed by atoms with Crippen molar-refractivity contribution in [1.29, 1.82) is 0 Å². The summed E-state index contributed by atoms with van der Waals surface area (Å²) < 4.78 is 0. The molecule has 0 atom stereocenters. The lowest BCUT2D eigenvalue weighted by Crippen LogP contribution is -2.16. The van der Waals surface area contributed by atoms with Crippen molar-refractivity contribution in [3.63, 3.8) is 0 Å². The molecule has 1 aliphatic rings. The summed E-state index contributed by atoms with van der Waals surface area (Å²) in [6.07, 6.45) is 6.92. The largest absolute Gasteiger partial charge is 0.322 e. The summed E-state index contributed by atoms with van der Waals surface area (Å²) in [5.74, 6) is 0.0115. The van der Waals surface area contributed by atoms with Crippen molar-refractivity contribution in [2.75, 3.05) is 5.32 Å². The quantitative estimate of drug-likeness (QED) is 0.670. The molecule has 0 radical (unpaired) electrons. The molecule has 26 heavy (non-hydrogen) atoms. The van der Waals surface area contributed by atoms with Gasteiger partial charge in [0.2, 0.25) is 0 Å². The summed E-state index contributed by atoms with van der Waals surface area (Å²) in [6.45, 7) is 8.73. The molecule has 0 heterocycles. The van der Waals surface area contributed by atoms with E-state index >= 15 is 0 Å². The summed E-state index contributed by atoms with van der Waals surface area (Å²) in [4.78, 5) is 12.9. The van der Waals surface area contributed by atoms with E-state index in [1.807, 2.05) is 12.1 Å². The first-order valence-electron chi connectivity index (χ1n) is 9.95. The van der Waals surface area contributed by atoms with Crippen LogP contribution in [0, 0.1) is 0 Å².